The van der Waals surface area contributed by atoms with Crippen LogP contribution in [-0.4, -0.2) is 11.7 Å². The van der Waals surface area contributed by atoms with E-state index in [2.05, 4.69) is 19.2 Å². The number of ketones is 1. The number of hydrogen-bond acceptors (Lipinski definition) is 4. The molecule has 0 saturated heterocycles. The van der Waals surface area contributed by atoms with Gasteiger partial charge in [0.05, 0.1) is 17.8 Å². The van der Waals surface area contributed by atoms with E-state index in [0.29, 0.717) is 6.42 Å². The molecule has 2 heterocycles. The highest BCUT2D eigenvalue weighted by molar-refractivity contribution is 7.10. The van der Waals surface area contributed by atoms with Gasteiger partial charge in [-0.05, 0) is 41.0 Å². The maximum atomic E-state index is 13.9. The first-order valence-corrected chi connectivity index (χ1v) is 11.8. The number of carbonyl (C=O) groups is 2. The van der Waals surface area contributed by atoms with E-state index < -0.39 is 6.04 Å². The number of amides is 1. The van der Waals surface area contributed by atoms with Crippen molar-refractivity contribution in [2.75, 3.05) is 10.2 Å². The van der Waals surface area contributed by atoms with E-state index >= 15 is 0 Å². The van der Waals surface area contributed by atoms with E-state index in [0.717, 1.165) is 39.5 Å². The van der Waals surface area contributed by atoms with Crippen LogP contribution >= 0.6 is 11.3 Å². The van der Waals surface area contributed by atoms with E-state index in [1.165, 1.54) is 0 Å². The van der Waals surface area contributed by atoms with Gasteiger partial charge in [0.1, 0.15) is 6.04 Å². The maximum Gasteiger partial charge on any atom is 0.232 e. The number of thiophene rings is 1. The van der Waals surface area contributed by atoms with Gasteiger partial charge in [-0.15, -0.1) is 11.3 Å². The van der Waals surface area contributed by atoms with Gasteiger partial charge in [0.25, 0.3) is 0 Å². The number of nitrogens with zero attached hydrogens (tertiary/aromatic N) is 1. The summed E-state index contributed by atoms with van der Waals surface area (Å²) in [7, 11) is 0. The summed E-state index contributed by atoms with van der Waals surface area (Å²) in [6, 6.07) is 21.3. The largest absolute Gasteiger partial charge is 0.357 e. The number of rotatable bonds is 3. The standard InChI is InChI=1S/C27H26N2O2S/c1-27(2)16-20-25(22(30)17-27)26(23-13-8-14-32-23)29(21-12-7-6-11-19(21)28-20)24(31)15-18-9-4-3-5-10-18/h3-14,26,28H,15-17H2,1-2H3/t26-/m0/s1. The van der Waals surface area contributed by atoms with Crippen LogP contribution in [0.3, 0.4) is 0 Å². The Morgan fingerprint density at radius 2 is 1.78 bits per heavy atom. The lowest BCUT2D eigenvalue weighted by molar-refractivity contribution is -0.119. The van der Waals surface area contributed by atoms with Crippen molar-refractivity contribution in [3.8, 4) is 0 Å². The summed E-state index contributed by atoms with van der Waals surface area (Å²) in [5, 5.41) is 5.57. The molecule has 32 heavy (non-hydrogen) atoms. The first-order chi connectivity index (χ1) is 15.4. The molecule has 5 rings (SSSR count). The van der Waals surface area contributed by atoms with Crippen molar-refractivity contribution < 1.29 is 9.59 Å². The minimum atomic E-state index is -0.430. The number of carbonyl (C=O) groups excluding carboxylic acids is 2. The van der Waals surface area contributed by atoms with Crippen LogP contribution < -0.4 is 10.2 Å². The second-order valence-electron chi connectivity index (χ2n) is 9.32. The average molecular weight is 443 g/mol. The number of nitrogens with one attached hydrogen (secondary N) is 1. The average Bonchev–Trinajstić information content (AvgIpc) is 3.23. The zero-order valence-corrected chi connectivity index (χ0v) is 19.1. The minimum absolute atomic E-state index is 0.0183. The number of Topliss-reactive ketones (excluding diaryl/α,β-unsaturated/α-hetero) is 1. The molecule has 3 aromatic rings. The van der Waals surface area contributed by atoms with Crippen LogP contribution in [0.25, 0.3) is 0 Å². The fourth-order valence-electron chi connectivity index (χ4n) is 4.83. The lowest BCUT2D eigenvalue weighted by Gasteiger charge is -2.36. The van der Waals surface area contributed by atoms with Gasteiger partial charge in [0.2, 0.25) is 5.91 Å². The zero-order chi connectivity index (χ0) is 22.3. The molecule has 2 aromatic carbocycles. The van der Waals surface area contributed by atoms with Crippen molar-refractivity contribution in [2.24, 2.45) is 5.41 Å². The third kappa shape index (κ3) is 3.78. The zero-order valence-electron chi connectivity index (χ0n) is 18.3. The van der Waals surface area contributed by atoms with E-state index in [1.54, 1.807) is 11.3 Å². The summed E-state index contributed by atoms with van der Waals surface area (Å²) in [6.07, 6.45) is 1.52. The summed E-state index contributed by atoms with van der Waals surface area (Å²) in [5.41, 5.74) is 4.18. The highest BCUT2D eigenvalue weighted by Gasteiger charge is 2.43. The van der Waals surface area contributed by atoms with Crippen LogP contribution in [0.2, 0.25) is 0 Å². The molecular formula is C27H26N2O2S. The molecule has 0 radical (unpaired) electrons. The van der Waals surface area contributed by atoms with Crippen molar-refractivity contribution in [3.05, 3.63) is 93.8 Å². The van der Waals surface area contributed by atoms with E-state index in [9.17, 15) is 9.59 Å². The molecule has 1 N–H and O–H groups in total. The summed E-state index contributed by atoms with van der Waals surface area (Å²) >= 11 is 1.59. The predicted molar refractivity (Wildman–Crippen MR) is 130 cm³/mol. The summed E-state index contributed by atoms with van der Waals surface area (Å²) in [5.74, 6) is 0.0997. The first kappa shape index (κ1) is 20.7. The number of benzene rings is 2. The fraction of sp³-hybridized carbons (Fsp3) is 0.259. The van der Waals surface area contributed by atoms with Crippen molar-refractivity contribution in [2.45, 2.75) is 39.2 Å². The molecule has 1 aliphatic carbocycles. The molecule has 0 unspecified atom stereocenters. The molecule has 162 valence electrons. The molecule has 1 aliphatic heterocycles. The van der Waals surface area contributed by atoms with E-state index in [4.69, 9.17) is 0 Å². The highest BCUT2D eigenvalue weighted by Crippen LogP contribution is 2.49. The maximum absolute atomic E-state index is 13.9. The van der Waals surface area contributed by atoms with Crippen molar-refractivity contribution in [1.29, 1.82) is 0 Å². The smallest absolute Gasteiger partial charge is 0.232 e. The van der Waals surface area contributed by atoms with Crippen molar-refractivity contribution in [3.63, 3.8) is 0 Å². The van der Waals surface area contributed by atoms with Gasteiger partial charge in [-0.25, -0.2) is 0 Å². The van der Waals surface area contributed by atoms with Crippen LogP contribution in [-0.2, 0) is 16.0 Å². The minimum Gasteiger partial charge on any atom is -0.357 e. The van der Waals surface area contributed by atoms with Crippen molar-refractivity contribution >= 4 is 34.4 Å². The van der Waals surface area contributed by atoms with Gasteiger partial charge in [0, 0.05) is 22.6 Å². The highest BCUT2D eigenvalue weighted by atomic mass is 32.1. The molecule has 0 saturated carbocycles. The molecule has 4 nitrogen and oxygen atoms in total. The third-order valence-corrected chi connectivity index (χ3v) is 7.11. The molecular weight excluding hydrogens is 416 g/mol. The van der Waals surface area contributed by atoms with Crippen LogP contribution in [0.1, 0.15) is 43.2 Å². The quantitative estimate of drug-likeness (QED) is 0.530. The van der Waals surface area contributed by atoms with Crippen LogP contribution in [0, 0.1) is 5.41 Å². The third-order valence-electron chi connectivity index (χ3n) is 6.18. The lowest BCUT2D eigenvalue weighted by atomic mass is 9.74. The Morgan fingerprint density at radius 1 is 1.03 bits per heavy atom. The number of para-hydroxylation sites is 2. The topological polar surface area (TPSA) is 49.4 Å². The van der Waals surface area contributed by atoms with Gasteiger partial charge in [-0.3, -0.25) is 14.5 Å². The number of hydrogen-bond donors (Lipinski definition) is 1. The van der Waals surface area contributed by atoms with Gasteiger partial charge >= 0.3 is 0 Å². The fourth-order valence-corrected chi connectivity index (χ4v) is 5.66. The Kier molecular flexibility index (Phi) is 5.22. The first-order valence-electron chi connectivity index (χ1n) is 10.9. The molecule has 5 heteroatoms. The summed E-state index contributed by atoms with van der Waals surface area (Å²) in [6.45, 7) is 4.26. The molecule has 0 spiro atoms. The van der Waals surface area contributed by atoms with Crippen molar-refractivity contribution in [1.82, 2.24) is 0 Å². The molecule has 1 atom stereocenters. The molecule has 1 aromatic heterocycles. The van der Waals surface area contributed by atoms with Crippen LogP contribution in [0.4, 0.5) is 11.4 Å². The van der Waals surface area contributed by atoms with Gasteiger partial charge in [-0.2, -0.15) is 0 Å². The Balaban J connectivity index is 1.70. The second kappa shape index (κ2) is 8.06. The Bertz CT molecular complexity index is 1200. The van der Waals surface area contributed by atoms with Crippen LogP contribution in [0.15, 0.2) is 83.4 Å². The molecule has 2 aliphatic rings. The molecule has 0 fully saturated rings. The van der Waals surface area contributed by atoms with E-state index in [1.807, 2.05) is 77.0 Å². The number of fused-ring (bicyclic) bond motifs is 1. The second-order valence-corrected chi connectivity index (χ2v) is 10.3. The normalized spacial score (nSPS) is 19.6. The Morgan fingerprint density at radius 3 is 2.53 bits per heavy atom. The summed E-state index contributed by atoms with van der Waals surface area (Å²) in [4.78, 5) is 30.3. The lowest BCUT2D eigenvalue weighted by Crippen LogP contribution is -2.40. The molecule has 0 bridgehead atoms. The monoisotopic (exact) mass is 442 g/mol. The van der Waals surface area contributed by atoms with Gasteiger partial charge < -0.3 is 5.32 Å². The Labute approximate surface area is 192 Å². The predicted octanol–water partition coefficient (Wildman–Crippen LogP) is 6.13. The van der Waals surface area contributed by atoms with E-state index in [-0.39, 0.29) is 23.5 Å². The summed E-state index contributed by atoms with van der Waals surface area (Å²) < 4.78 is 0. The van der Waals surface area contributed by atoms with Gasteiger partial charge in [0.15, 0.2) is 5.78 Å². The SMILES string of the molecule is CC1(C)CC(=O)C2=C(C1)Nc1ccccc1N(C(=O)Cc1ccccc1)[C@H]2c1cccs1. The number of allylic oxidation sites excluding steroid dienone is 1. The number of anilines is 2. The Hall–Kier alpha value is -3.18. The van der Waals surface area contributed by atoms with Gasteiger partial charge in [-0.1, -0.05) is 62.4 Å². The molecule has 1 amide bonds. The van der Waals surface area contributed by atoms with Crippen LogP contribution in [0.5, 0.6) is 0 Å².